The van der Waals surface area contributed by atoms with Crippen LogP contribution in [0.3, 0.4) is 0 Å². The molecule has 1 aliphatic carbocycles. The van der Waals surface area contributed by atoms with E-state index in [1.54, 1.807) is 26.8 Å². The second kappa shape index (κ2) is 8.31. The van der Waals surface area contributed by atoms with Crippen molar-refractivity contribution >= 4 is 29.3 Å². The molecule has 0 amide bonds. The van der Waals surface area contributed by atoms with E-state index in [-0.39, 0.29) is 10.6 Å². The molecule has 152 valence electrons. The first-order valence-corrected chi connectivity index (χ1v) is 9.32. The van der Waals surface area contributed by atoms with Gasteiger partial charge < -0.3 is 9.57 Å². The molecule has 1 aromatic rings. The Balaban J connectivity index is 2.49. The summed E-state index contributed by atoms with van der Waals surface area (Å²) < 4.78 is 45.4. The van der Waals surface area contributed by atoms with Crippen LogP contribution in [0.25, 0.3) is 5.76 Å². The number of aryl methyl sites for hydroxylation is 1. The molecule has 0 spiro atoms. The number of thiazole rings is 1. The number of rotatable bonds is 6. The van der Waals surface area contributed by atoms with Gasteiger partial charge in [0.2, 0.25) is 0 Å². The molecule has 1 aromatic heterocycles. The van der Waals surface area contributed by atoms with Crippen molar-refractivity contribution in [3.63, 3.8) is 0 Å². The number of hydrogen-bond acceptors (Lipinski definition) is 7. The summed E-state index contributed by atoms with van der Waals surface area (Å²) in [6.07, 6.45) is -1.76. The zero-order valence-corrected chi connectivity index (χ0v) is 16.7. The van der Waals surface area contributed by atoms with Gasteiger partial charge in [-0.15, -0.1) is 11.3 Å². The third kappa shape index (κ3) is 5.79. The molecular weight excluding hydrogens is 395 g/mol. The first-order valence-electron chi connectivity index (χ1n) is 8.50. The van der Waals surface area contributed by atoms with Gasteiger partial charge in [-0.25, -0.2) is 4.98 Å². The van der Waals surface area contributed by atoms with E-state index in [0.29, 0.717) is 23.9 Å². The van der Waals surface area contributed by atoms with E-state index in [9.17, 15) is 23.2 Å². The van der Waals surface area contributed by atoms with Gasteiger partial charge >= 0.3 is 12.1 Å². The maximum Gasteiger partial charge on any atom is 0.434 e. The van der Waals surface area contributed by atoms with Crippen LogP contribution in [-0.2, 0) is 20.5 Å². The van der Waals surface area contributed by atoms with Crippen molar-refractivity contribution in [3.8, 4) is 6.07 Å². The number of oxime groups is 1. The Morgan fingerprint density at radius 2 is 2.04 bits per heavy atom. The first kappa shape index (κ1) is 21.9. The predicted octanol–water partition coefficient (Wildman–Crippen LogP) is 4.71. The number of allylic oxidation sites excluding steroid dienone is 1. The summed E-state index contributed by atoms with van der Waals surface area (Å²) in [5.74, 6) is -0.910. The largest absolute Gasteiger partial charge is 0.434 e. The average Bonchev–Trinajstić information content (AvgIpc) is 3.31. The fourth-order valence-electron chi connectivity index (χ4n) is 1.90. The summed E-state index contributed by atoms with van der Waals surface area (Å²) in [6.45, 7) is 6.41. The van der Waals surface area contributed by atoms with Crippen LogP contribution >= 0.6 is 11.3 Å². The number of halogens is 3. The molecule has 28 heavy (non-hydrogen) atoms. The summed E-state index contributed by atoms with van der Waals surface area (Å²) in [6, 6.07) is 1.73. The minimum Gasteiger partial charge on any atom is -0.423 e. The SMILES string of the molecule is Cc1nc(C(F)(F)F)c(C(OC(=O)C(C)(C)C)=C(C#N)C=NOCC2CC2)s1. The highest BCUT2D eigenvalue weighted by Gasteiger charge is 2.40. The smallest absolute Gasteiger partial charge is 0.423 e. The lowest BCUT2D eigenvalue weighted by atomic mass is 9.97. The van der Waals surface area contributed by atoms with Crippen LogP contribution in [-0.4, -0.2) is 23.8 Å². The van der Waals surface area contributed by atoms with E-state index in [4.69, 9.17) is 9.57 Å². The van der Waals surface area contributed by atoms with E-state index in [0.717, 1.165) is 19.1 Å². The molecule has 0 radical (unpaired) electrons. The summed E-state index contributed by atoms with van der Waals surface area (Å²) in [4.78, 5) is 20.4. The van der Waals surface area contributed by atoms with E-state index in [1.165, 1.54) is 6.92 Å². The molecule has 1 fully saturated rings. The molecule has 1 heterocycles. The lowest BCUT2D eigenvalue weighted by molar-refractivity contribution is -0.146. The Morgan fingerprint density at radius 3 is 2.54 bits per heavy atom. The highest BCUT2D eigenvalue weighted by Crippen LogP contribution is 2.39. The first-order chi connectivity index (χ1) is 12.9. The third-order valence-corrected chi connectivity index (χ3v) is 4.61. The van der Waals surface area contributed by atoms with Crippen molar-refractivity contribution in [2.75, 3.05) is 6.61 Å². The van der Waals surface area contributed by atoms with Crippen LogP contribution in [0.5, 0.6) is 0 Å². The van der Waals surface area contributed by atoms with Crippen LogP contribution in [0.2, 0.25) is 0 Å². The zero-order chi connectivity index (χ0) is 21.1. The van der Waals surface area contributed by atoms with Gasteiger partial charge in [0.15, 0.2) is 11.5 Å². The molecular formula is C18H20F3N3O3S. The highest BCUT2D eigenvalue weighted by atomic mass is 32.1. The van der Waals surface area contributed by atoms with Crippen molar-refractivity contribution in [2.24, 2.45) is 16.5 Å². The Labute approximate surface area is 164 Å². The molecule has 6 nitrogen and oxygen atoms in total. The van der Waals surface area contributed by atoms with Gasteiger partial charge in [0.1, 0.15) is 23.1 Å². The number of carbonyl (C=O) groups excluding carboxylic acids is 1. The monoisotopic (exact) mass is 415 g/mol. The molecule has 0 unspecified atom stereocenters. The maximum absolute atomic E-state index is 13.4. The Bertz CT molecular complexity index is 841. The second-order valence-electron chi connectivity index (χ2n) is 7.38. The van der Waals surface area contributed by atoms with Gasteiger partial charge in [-0.3, -0.25) is 4.79 Å². The third-order valence-electron chi connectivity index (χ3n) is 3.64. The molecule has 1 saturated carbocycles. The zero-order valence-electron chi connectivity index (χ0n) is 15.9. The van der Waals surface area contributed by atoms with E-state index < -0.39 is 33.9 Å². The molecule has 0 atom stereocenters. The molecule has 0 bridgehead atoms. The lowest BCUT2D eigenvalue weighted by Gasteiger charge is -2.18. The second-order valence-corrected chi connectivity index (χ2v) is 8.58. The van der Waals surface area contributed by atoms with Gasteiger partial charge in [0.25, 0.3) is 0 Å². The van der Waals surface area contributed by atoms with Crippen LogP contribution in [0, 0.1) is 29.6 Å². The van der Waals surface area contributed by atoms with Crippen molar-refractivity contribution in [3.05, 3.63) is 21.2 Å². The fourth-order valence-corrected chi connectivity index (χ4v) is 2.84. The maximum atomic E-state index is 13.4. The van der Waals surface area contributed by atoms with Crippen molar-refractivity contribution < 1.29 is 27.5 Å². The standard InChI is InChI=1S/C18H20F3N3O3S/c1-10-24-15(18(19,20)21)14(28-10)13(27-16(25)17(2,3)4)12(7-22)8-23-26-9-11-5-6-11/h8,11H,5-6,9H2,1-4H3. The van der Waals surface area contributed by atoms with E-state index in [1.807, 2.05) is 0 Å². The van der Waals surface area contributed by atoms with Gasteiger partial charge in [0, 0.05) is 0 Å². The van der Waals surface area contributed by atoms with Gasteiger partial charge in [-0.1, -0.05) is 5.16 Å². The molecule has 1 aliphatic rings. The van der Waals surface area contributed by atoms with Crippen LogP contribution in [0.4, 0.5) is 13.2 Å². The van der Waals surface area contributed by atoms with Crippen molar-refractivity contribution in [1.82, 2.24) is 4.98 Å². The number of esters is 1. The Kier molecular flexibility index (Phi) is 6.49. The average molecular weight is 415 g/mol. The number of carbonyl (C=O) groups is 1. The fraction of sp³-hybridized carbons (Fsp3) is 0.556. The molecule has 10 heteroatoms. The molecule has 2 rings (SSSR count). The number of nitriles is 1. The highest BCUT2D eigenvalue weighted by molar-refractivity contribution is 7.12. The van der Waals surface area contributed by atoms with E-state index in [2.05, 4.69) is 10.1 Å². The van der Waals surface area contributed by atoms with Crippen molar-refractivity contribution in [2.45, 2.75) is 46.7 Å². The Morgan fingerprint density at radius 1 is 1.39 bits per heavy atom. The lowest BCUT2D eigenvalue weighted by Crippen LogP contribution is -2.23. The number of ether oxygens (including phenoxy) is 1. The number of hydrogen-bond donors (Lipinski definition) is 0. The van der Waals surface area contributed by atoms with Crippen LogP contribution in [0.15, 0.2) is 10.7 Å². The van der Waals surface area contributed by atoms with Gasteiger partial charge in [-0.05, 0) is 46.5 Å². The van der Waals surface area contributed by atoms with Crippen molar-refractivity contribution in [1.29, 1.82) is 5.26 Å². The molecule has 0 N–H and O–H groups in total. The molecule has 0 aliphatic heterocycles. The Hall–Kier alpha value is -2.41. The number of aromatic nitrogens is 1. The molecule has 0 saturated heterocycles. The summed E-state index contributed by atoms with van der Waals surface area (Å²) in [5, 5.41) is 13.2. The summed E-state index contributed by atoms with van der Waals surface area (Å²) in [5.41, 5.74) is -2.57. The number of alkyl halides is 3. The minimum atomic E-state index is -4.78. The van der Waals surface area contributed by atoms with Gasteiger partial charge in [-0.2, -0.15) is 18.4 Å². The normalized spacial score (nSPS) is 15.9. The summed E-state index contributed by atoms with van der Waals surface area (Å²) in [7, 11) is 0. The topological polar surface area (TPSA) is 84.6 Å². The van der Waals surface area contributed by atoms with Crippen LogP contribution < -0.4 is 0 Å². The minimum absolute atomic E-state index is 0.117. The quantitative estimate of drug-likeness (QED) is 0.221. The number of nitrogens with zero attached hydrogens (tertiary/aromatic N) is 3. The van der Waals surface area contributed by atoms with Crippen LogP contribution in [0.1, 0.15) is 49.2 Å². The molecule has 0 aromatic carbocycles. The van der Waals surface area contributed by atoms with E-state index >= 15 is 0 Å². The summed E-state index contributed by atoms with van der Waals surface area (Å²) >= 11 is 0.680. The van der Waals surface area contributed by atoms with Gasteiger partial charge in [0.05, 0.1) is 16.6 Å². The predicted molar refractivity (Wildman–Crippen MR) is 97.1 cm³/mol.